The van der Waals surface area contributed by atoms with E-state index in [0.29, 0.717) is 38.7 Å². The Balaban J connectivity index is 1.68. The first-order valence-corrected chi connectivity index (χ1v) is 13.3. The molecule has 0 radical (unpaired) electrons. The van der Waals surface area contributed by atoms with Gasteiger partial charge in [0.15, 0.2) is 18.1 Å². The van der Waals surface area contributed by atoms with Crippen molar-refractivity contribution in [1.82, 2.24) is 0 Å². The van der Waals surface area contributed by atoms with E-state index in [9.17, 15) is 4.79 Å². The standard InChI is InChI=1S/C29H30ClN3O3S/c1-29(2,3)19-6-11-22-25(16-19)37-28(26(22)27(34)33-21-9-7-20(30)8-10-21)32-17-18-5-12-23(36-14-13-31)24(15-18)35-4/h5,7-10,12,15,17,19H,6,11,14,16H2,1-4H3,(H,33,34)/t19-/m0/s1. The van der Waals surface area contributed by atoms with E-state index >= 15 is 0 Å². The van der Waals surface area contributed by atoms with Crippen LogP contribution >= 0.6 is 22.9 Å². The average Bonchev–Trinajstić information content (AvgIpc) is 3.25. The quantitative estimate of drug-likeness (QED) is 0.318. The molecule has 8 heteroatoms. The van der Waals surface area contributed by atoms with Crippen LogP contribution in [-0.4, -0.2) is 25.8 Å². The summed E-state index contributed by atoms with van der Waals surface area (Å²) in [5, 5.41) is 13.1. The number of nitrogens with zero attached hydrogens (tertiary/aromatic N) is 2. The third-order valence-corrected chi connectivity index (χ3v) is 8.03. The zero-order valence-electron chi connectivity index (χ0n) is 21.4. The lowest BCUT2D eigenvalue weighted by Gasteiger charge is -2.33. The van der Waals surface area contributed by atoms with Crippen LogP contribution < -0.4 is 14.8 Å². The van der Waals surface area contributed by atoms with E-state index in [0.717, 1.165) is 30.4 Å². The summed E-state index contributed by atoms with van der Waals surface area (Å²) in [4.78, 5) is 19.5. The van der Waals surface area contributed by atoms with E-state index < -0.39 is 0 Å². The molecule has 0 spiro atoms. The summed E-state index contributed by atoms with van der Waals surface area (Å²) >= 11 is 7.61. The highest BCUT2D eigenvalue weighted by Crippen LogP contribution is 2.45. The molecule has 1 atom stereocenters. The molecule has 1 aromatic heterocycles. The van der Waals surface area contributed by atoms with Gasteiger partial charge in [-0.05, 0) is 84.2 Å². The number of nitriles is 1. The smallest absolute Gasteiger partial charge is 0.259 e. The lowest BCUT2D eigenvalue weighted by molar-refractivity contribution is 0.102. The number of benzene rings is 2. The second kappa shape index (κ2) is 11.4. The number of thiophene rings is 1. The van der Waals surface area contributed by atoms with Gasteiger partial charge in [0.2, 0.25) is 0 Å². The Morgan fingerprint density at radius 1 is 1.24 bits per heavy atom. The molecule has 0 saturated carbocycles. The van der Waals surface area contributed by atoms with Gasteiger partial charge < -0.3 is 14.8 Å². The van der Waals surface area contributed by atoms with Gasteiger partial charge in [-0.1, -0.05) is 32.4 Å². The third-order valence-electron chi connectivity index (χ3n) is 6.61. The van der Waals surface area contributed by atoms with Crippen LogP contribution in [0.3, 0.4) is 0 Å². The molecule has 192 valence electrons. The van der Waals surface area contributed by atoms with E-state index in [4.69, 9.17) is 31.3 Å². The second-order valence-electron chi connectivity index (χ2n) is 10.1. The van der Waals surface area contributed by atoms with E-state index in [1.807, 2.05) is 12.1 Å². The fraction of sp³-hybridized carbons (Fsp3) is 0.345. The van der Waals surface area contributed by atoms with Gasteiger partial charge >= 0.3 is 0 Å². The van der Waals surface area contributed by atoms with Crippen molar-refractivity contribution in [3.63, 3.8) is 0 Å². The van der Waals surface area contributed by atoms with Gasteiger partial charge in [0.25, 0.3) is 5.91 Å². The molecule has 0 aliphatic heterocycles. The van der Waals surface area contributed by atoms with Crippen LogP contribution in [0.2, 0.25) is 5.02 Å². The fourth-order valence-electron chi connectivity index (χ4n) is 4.49. The summed E-state index contributed by atoms with van der Waals surface area (Å²) in [5.74, 6) is 1.38. The van der Waals surface area contributed by atoms with Gasteiger partial charge in [-0.25, -0.2) is 4.99 Å². The van der Waals surface area contributed by atoms with Gasteiger partial charge in [-0.2, -0.15) is 5.26 Å². The summed E-state index contributed by atoms with van der Waals surface area (Å²) in [6.07, 6.45) is 4.57. The molecule has 1 heterocycles. The second-order valence-corrected chi connectivity index (χ2v) is 11.6. The first-order valence-electron chi connectivity index (χ1n) is 12.1. The van der Waals surface area contributed by atoms with Crippen LogP contribution in [0, 0.1) is 22.7 Å². The normalized spacial score (nSPS) is 15.2. The summed E-state index contributed by atoms with van der Waals surface area (Å²) < 4.78 is 10.8. The Morgan fingerprint density at radius 3 is 2.68 bits per heavy atom. The predicted octanol–water partition coefficient (Wildman–Crippen LogP) is 7.47. The van der Waals surface area contributed by atoms with E-state index in [-0.39, 0.29) is 17.9 Å². The number of halogens is 1. The topological polar surface area (TPSA) is 83.7 Å². The summed E-state index contributed by atoms with van der Waals surface area (Å²) in [6.45, 7) is 6.77. The Kier molecular flexibility index (Phi) is 8.21. The van der Waals surface area contributed by atoms with E-state index in [1.165, 1.54) is 4.88 Å². The largest absolute Gasteiger partial charge is 0.493 e. The number of rotatable bonds is 7. The SMILES string of the molecule is COc1cc(C=Nc2sc3c(c2C(=O)Nc2ccc(Cl)cc2)CC[C@H](C(C)(C)C)C3)ccc1OCC#N. The van der Waals surface area contributed by atoms with Gasteiger partial charge in [-0.3, -0.25) is 4.79 Å². The molecule has 37 heavy (non-hydrogen) atoms. The number of fused-ring (bicyclic) bond motifs is 1. The molecule has 4 rings (SSSR count). The fourth-order valence-corrected chi connectivity index (χ4v) is 5.88. The zero-order chi connectivity index (χ0) is 26.6. The van der Waals surface area contributed by atoms with Crippen molar-refractivity contribution in [2.24, 2.45) is 16.3 Å². The maximum absolute atomic E-state index is 13.5. The molecule has 1 amide bonds. The van der Waals surface area contributed by atoms with Crippen LogP contribution in [0.1, 0.15) is 53.6 Å². The van der Waals surface area contributed by atoms with Crippen LogP contribution in [0.4, 0.5) is 10.7 Å². The van der Waals surface area contributed by atoms with Crippen molar-refractivity contribution >= 4 is 45.7 Å². The van der Waals surface area contributed by atoms with Crippen molar-refractivity contribution in [2.45, 2.75) is 40.0 Å². The Morgan fingerprint density at radius 2 is 2.00 bits per heavy atom. The molecular weight excluding hydrogens is 506 g/mol. The maximum Gasteiger partial charge on any atom is 0.259 e. The van der Waals surface area contributed by atoms with E-state index in [1.54, 1.807) is 61.1 Å². The minimum absolute atomic E-state index is 0.0633. The number of nitrogens with one attached hydrogen (secondary N) is 1. The number of aliphatic imine (C=N–C) groups is 1. The number of ether oxygens (including phenoxy) is 2. The number of methoxy groups -OCH3 is 1. The van der Waals surface area contributed by atoms with Crippen molar-refractivity contribution in [3.05, 3.63) is 69.1 Å². The molecule has 0 fully saturated rings. The van der Waals surface area contributed by atoms with Gasteiger partial charge in [-0.15, -0.1) is 11.3 Å². The van der Waals surface area contributed by atoms with Gasteiger partial charge in [0.05, 0.1) is 12.7 Å². The molecular formula is C29H30ClN3O3S. The van der Waals surface area contributed by atoms with Gasteiger partial charge in [0.1, 0.15) is 11.1 Å². The van der Waals surface area contributed by atoms with E-state index in [2.05, 4.69) is 26.1 Å². The number of carbonyl (C=O) groups is 1. The van der Waals surface area contributed by atoms with Crippen LogP contribution in [0.15, 0.2) is 47.5 Å². The molecule has 1 aliphatic rings. The Hall–Kier alpha value is -3.34. The van der Waals surface area contributed by atoms with Gasteiger partial charge in [0, 0.05) is 21.8 Å². The number of anilines is 1. The summed E-state index contributed by atoms with van der Waals surface area (Å²) in [6, 6.07) is 14.4. The molecule has 6 nitrogen and oxygen atoms in total. The highest BCUT2D eigenvalue weighted by atomic mass is 35.5. The summed E-state index contributed by atoms with van der Waals surface area (Å²) in [7, 11) is 1.55. The highest BCUT2D eigenvalue weighted by Gasteiger charge is 2.33. The van der Waals surface area contributed by atoms with Crippen LogP contribution in [0.25, 0.3) is 0 Å². The van der Waals surface area contributed by atoms with Crippen molar-refractivity contribution < 1.29 is 14.3 Å². The van der Waals surface area contributed by atoms with Crippen molar-refractivity contribution in [1.29, 1.82) is 5.26 Å². The van der Waals surface area contributed by atoms with Crippen molar-refractivity contribution in [2.75, 3.05) is 19.0 Å². The minimum Gasteiger partial charge on any atom is -0.493 e. The Bertz CT molecular complexity index is 1350. The first kappa shape index (κ1) is 26.7. The number of hydrogen-bond acceptors (Lipinski definition) is 6. The molecule has 1 aliphatic carbocycles. The molecule has 1 N–H and O–H groups in total. The minimum atomic E-state index is -0.168. The zero-order valence-corrected chi connectivity index (χ0v) is 23.0. The third kappa shape index (κ3) is 6.33. The number of amides is 1. The number of hydrogen-bond donors (Lipinski definition) is 1. The summed E-state index contributed by atoms with van der Waals surface area (Å²) in [5.41, 5.74) is 3.42. The maximum atomic E-state index is 13.5. The van der Waals surface area contributed by atoms with Crippen molar-refractivity contribution in [3.8, 4) is 17.6 Å². The van der Waals surface area contributed by atoms with Crippen LogP contribution in [-0.2, 0) is 12.8 Å². The molecule has 2 aromatic carbocycles. The highest BCUT2D eigenvalue weighted by molar-refractivity contribution is 7.16. The average molecular weight is 536 g/mol. The molecule has 0 bridgehead atoms. The first-order chi connectivity index (χ1) is 17.7. The Labute approximate surface area is 226 Å². The predicted molar refractivity (Wildman–Crippen MR) is 150 cm³/mol. The molecule has 0 saturated heterocycles. The lowest BCUT2D eigenvalue weighted by Crippen LogP contribution is -2.27. The van der Waals surface area contributed by atoms with Crippen LogP contribution in [0.5, 0.6) is 11.5 Å². The number of carbonyl (C=O) groups excluding carboxylic acids is 1. The molecule has 0 unspecified atom stereocenters. The molecule has 3 aromatic rings. The monoisotopic (exact) mass is 535 g/mol. The lowest BCUT2D eigenvalue weighted by atomic mass is 9.72.